The molecule has 0 aliphatic carbocycles. The van der Waals surface area contributed by atoms with Crippen LogP contribution in [0.25, 0.3) is 0 Å². The lowest BCUT2D eigenvalue weighted by atomic mass is 10.1. The minimum atomic E-state index is -0.484. The number of nitriles is 1. The van der Waals surface area contributed by atoms with Gasteiger partial charge in [0.25, 0.3) is 0 Å². The smallest absolute Gasteiger partial charge is 0.146 e. The molecule has 0 saturated carbocycles. The van der Waals surface area contributed by atoms with Crippen LogP contribution in [-0.4, -0.2) is 7.11 Å². The second-order valence-corrected chi connectivity index (χ2v) is 2.32. The third kappa shape index (κ3) is 1.60. The Morgan fingerprint density at radius 3 is 2.92 bits per heavy atom. The van der Waals surface area contributed by atoms with Crippen molar-refractivity contribution in [1.29, 1.82) is 5.26 Å². The molecule has 0 bridgehead atoms. The van der Waals surface area contributed by atoms with Crippen LogP contribution in [0.3, 0.4) is 0 Å². The van der Waals surface area contributed by atoms with Crippen LogP contribution in [0.15, 0.2) is 18.2 Å². The maximum Gasteiger partial charge on any atom is 0.146 e. The Morgan fingerprint density at radius 2 is 2.33 bits per heavy atom. The highest BCUT2D eigenvalue weighted by molar-refractivity contribution is 5.34. The Bertz CT molecular complexity index is 317. The van der Waals surface area contributed by atoms with Gasteiger partial charge in [-0.15, -0.1) is 0 Å². The number of hydrogen-bond acceptors (Lipinski definition) is 2. The average molecular weight is 165 g/mol. The van der Waals surface area contributed by atoms with Crippen LogP contribution in [0.2, 0.25) is 0 Å². The summed E-state index contributed by atoms with van der Waals surface area (Å²) >= 11 is 0. The SMILES string of the molecule is COCc1cccc(C#N)c1F. The third-order valence-corrected chi connectivity index (χ3v) is 1.50. The zero-order valence-electron chi connectivity index (χ0n) is 6.67. The van der Waals surface area contributed by atoms with Crippen molar-refractivity contribution in [3.63, 3.8) is 0 Å². The Balaban J connectivity index is 3.07. The highest BCUT2D eigenvalue weighted by Crippen LogP contribution is 2.12. The lowest BCUT2D eigenvalue weighted by molar-refractivity contribution is 0.181. The first-order chi connectivity index (χ1) is 5.79. The molecule has 0 heterocycles. The molecule has 1 aromatic rings. The van der Waals surface area contributed by atoms with Gasteiger partial charge in [-0.3, -0.25) is 0 Å². The summed E-state index contributed by atoms with van der Waals surface area (Å²) in [5.74, 6) is -0.484. The molecular formula is C9H8FNO. The molecular weight excluding hydrogens is 157 g/mol. The van der Waals surface area contributed by atoms with Crippen LogP contribution in [0.5, 0.6) is 0 Å². The van der Waals surface area contributed by atoms with Crippen LogP contribution in [-0.2, 0) is 11.3 Å². The molecule has 1 rings (SSSR count). The quantitative estimate of drug-likeness (QED) is 0.669. The van der Waals surface area contributed by atoms with Crippen LogP contribution in [0.4, 0.5) is 4.39 Å². The summed E-state index contributed by atoms with van der Waals surface area (Å²) in [6.07, 6.45) is 0. The van der Waals surface area contributed by atoms with Crippen molar-refractivity contribution in [1.82, 2.24) is 0 Å². The number of rotatable bonds is 2. The van der Waals surface area contributed by atoms with Gasteiger partial charge in [-0.2, -0.15) is 5.26 Å². The lowest BCUT2D eigenvalue weighted by Gasteiger charge is -2.01. The van der Waals surface area contributed by atoms with E-state index in [0.29, 0.717) is 5.56 Å². The van der Waals surface area contributed by atoms with E-state index in [4.69, 9.17) is 10.00 Å². The Kier molecular flexibility index (Phi) is 2.78. The number of hydrogen-bond donors (Lipinski definition) is 0. The molecule has 0 saturated heterocycles. The normalized spacial score (nSPS) is 9.42. The fourth-order valence-corrected chi connectivity index (χ4v) is 0.933. The van der Waals surface area contributed by atoms with E-state index in [0.717, 1.165) is 0 Å². The standard InChI is InChI=1S/C9H8FNO/c1-12-6-8-4-2-3-7(5-11)9(8)10/h2-4H,6H2,1H3. The van der Waals surface area contributed by atoms with Gasteiger partial charge in [0.2, 0.25) is 0 Å². The highest BCUT2D eigenvalue weighted by atomic mass is 19.1. The van der Waals surface area contributed by atoms with E-state index in [1.807, 2.05) is 0 Å². The summed E-state index contributed by atoms with van der Waals surface area (Å²) < 4.78 is 17.9. The minimum absolute atomic E-state index is 0.0598. The zero-order valence-corrected chi connectivity index (χ0v) is 6.67. The van der Waals surface area contributed by atoms with Crippen molar-refractivity contribution < 1.29 is 9.13 Å². The number of methoxy groups -OCH3 is 1. The molecule has 0 spiro atoms. The molecule has 3 heteroatoms. The molecule has 2 nitrogen and oxygen atoms in total. The molecule has 0 N–H and O–H groups in total. The van der Waals surface area contributed by atoms with Gasteiger partial charge < -0.3 is 4.74 Å². The monoisotopic (exact) mass is 165 g/mol. The molecule has 12 heavy (non-hydrogen) atoms. The van der Waals surface area contributed by atoms with Crippen molar-refractivity contribution >= 4 is 0 Å². The van der Waals surface area contributed by atoms with Crippen molar-refractivity contribution in [3.8, 4) is 6.07 Å². The Labute approximate surface area is 70.2 Å². The van der Waals surface area contributed by atoms with Gasteiger partial charge >= 0.3 is 0 Å². The second-order valence-electron chi connectivity index (χ2n) is 2.32. The largest absolute Gasteiger partial charge is 0.380 e. The molecule has 0 aliphatic heterocycles. The Hall–Kier alpha value is -1.40. The van der Waals surface area contributed by atoms with Crippen molar-refractivity contribution in [2.75, 3.05) is 7.11 Å². The molecule has 0 aromatic heterocycles. The predicted octanol–water partition coefficient (Wildman–Crippen LogP) is 1.84. The van der Waals surface area contributed by atoms with E-state index in [1.54, 1.807) is 18.2 Å². The van der Waals surface area contributed by atoms with Gasteiger partial charge in [0.1, 0.15) is 11.9 Å². The molecule has 0 fully saturated rings. The molecule has 0 unspecified atom stereocenters. The molecule has 0 atom stereocenters. The van der Waals surface area contributed by atoms with Crippen LogP contribution < -0.4 is 0 Å². The minimum Gasteiger partial charge on any atom is -0.380 e. The second kappa shape index (κ2) is 3.84. The maximum atomic E-state index is 13.2. The van der Waals surface area contributed by atoms with E-state index in [1.165, 1.54) is 13.2 Å². The number of benzene rings is 1. The van der Waals surface area contributed by atoms with Crippen molar-refractivity contribution in [3.05, 3.63) is 35.1 Å². The van der Waals surface area contributed by atoms with E-state index >= 15 is 0 Å². The lowest BCUT2D eigenvalue weighted by Crippen LogP contribution is -1.94. The average Bonchev–Trinajstić information content (AvgIpc) is 2.09. The number of ether oxygens (including phenoxy) is 1. The van der Waals surface area contributed by atoms with Crippen molar-refractivity contribution in [2.45, 2.75) is 6.61 Å². The summed E-state index contributed by atoms with van der Waals surface area (Å²) in [5.41, 5.74) is 0.473. The highest BCUT2D eigenvalue weighted by Gasteiger charge is 2.05. The summed E-state index contributed by atoms with van der Waals surface area (Å²) in [5, 5.41) is 8.48. The Morgan fingerprint density at radius 1 is 1.58 bits per heavy atom. The first-order valence-corrected chi connectivity index (χ1v) is 3.46. The third-order valence-electron chi connectivity index (χ3n) is 1.50. The molecule has 0 radical (unpaired) electrons. The topological polar surface area (TPSA) is 33.0 Å². The summed E-state index contributed by atoms with van der Waals surface area (Å²) in [6.45, 7) is 0.196. The predicted molar refractivity (Wildman–Crippen MR) is 41.8 cm³/mol. The van der Waals surface area contributed by atoms with Crippen LogP contribution in [0.1, 0.15) is 11.1 Å². The maximum absolute atomic E-state index is 13.2. The van der Waals surface area contributed by atoms with Gasteiger partial charge in [-0.1, -0.05) is 12.1 Å². The molecule has 62 valence electrons. The molecule has 0 amide bonds. The van der Waals surface area contributed by atoms with E-state index in [-0.39, 0.29) is 12.2 Å². The zero-order chi connectivity index (χ0) is 8.97. The van der Waals surface area contributed by atoms with Gasteiger partial charge in [0.15, 0.2) is 0 Å². The van der Waals surface area contributed by atoms with Crippen LogP contribution >= 0.6 is 0 Å². The van der Waals surface area contributed by atoms with Gasteiger partial charge in [0.05, 0.1) is 12.2 Å². The van der Waals surface area contributed by atoms with E-state index in [2.05, 4.69) is 0 Å². The summed E-state index contributed by atoms with van der Waals surface area (Å²) in [6, 6.07) is 6.43. The first kappa shape index (κ1) is 8.69. The van der Waals surface area contributed by atoms with Gasteiger partial charge in [0, 0.05) is 12.7 Å². The fraction of sp³-hybridized carbons (Fsp3) is 0.222. The van der Waals surface area contributed by atoms with E-state index in [9.17, 15) is 4.39 Å². The van der Waals surface area contributed by atoms with Gasteiger partial charge in [-0.05, 0) is 6.07 Å². The molecule has 0 aliphatic rings. The van der Waals surface area contributed by atoms with Gasteiger partial charge in [-0.25, -0.2) is 4.39 Å². The summed E-state index contributed by atoms with van der Waals surface area (Å²) in [7, 11) is 1.48. The summed E-state index contributed by atoms with van der Waals surface area (Å²) in [4.78, 5) is 0. The first-order valence-electron chi connectivity index (χ1n) is 3.46. The fourth-order valence-electron chi connectivity index (χ4n) is 0.933. The number of nitrogens with zero attached hydrogens (tertiary/aromatic N) is 1. The van der Waals surface area contributed by atoms with Crippen molar-refractivity contribution in [2.24, 2.45) is 0 Å². The van der Waals surface area contributed by atoms with Crippen LogP contribution in [0, 0.1) is 17.1 Å². The molecule has 1 aromatic carbocycles. The number of halogens is 1. The van der Waals surface area contributed by atoms with E-state index < -0.39 is 5.82 Å².